The molecule has 0 aliphatic carbocycles. The zero-order valence-corrected chi connectivity index (χ0v) is 22.5. The van der Waals surface area contributed by atoms with Gasteiger partial charge in [-0.25, -0.2) is 13.1 Å². The van der Waals surface area contributed by atoms with Crippen LogP contribution >= 0.6 is 0 Å². The molecule has 0 unspecified atom stereocenters. The second-order valence-electron chi connectivity index (χ2n) is 10.3. The highest BCUT2D eigenvalue weighted by atomic mass is 32.2. The van der Waals surface area contributed by atoms with Crippen molar-refractivity contribution in [2.24, 2.45) is 0 Å². The Morgan fingerprint density at radius 2 is 0.968 bits per heavy atom. The van der Waals surface area contributed by atoms with E-state index in [0.29, 0.717) is 12.3 Å². The number of quaternary nitrogens is 1. The fourth-order valence-electron chi connectivity index (χ4n) is 4.36. The SMILES string of the molecule is CCCCCCCCCCCCCCCCCCS(=O)(=O)NCCC[N+](C)(C)CCC. The number of sulfonamides is 1. The van der Waals surface area contributed by atoms with Crippen LogP contribution in [-0.2, 0) is 10.0 Å². The standard InChI is InChI=1S/C26H57N2O2S/c1-5-7-8-9-10-11-12-13-14-15-16-17-18-19-20-21-26-31(29,30)27-23-22-25-28(3,4)24-6-2/h27H,5-26H2,1-4H3/q+1. The average Bonchev–Trinajstić information content (AvgIpc) is 2.71. The van der Waals surface area contributed by atoms with Crippen molar-refractivity contribution < 1.29 is 12.9 Å². The average molecular weight is 462 g/mol. The van der Waals surface area contributed by atoms with Crippen molar-refractivity contribution in [3.8, 4) is 0 Å². The molecule has 0 fully saturated rings. The van der Waals surface area contributed by atoms with Crippen LogP contribution in [0.25, 0.3) is 0 Å². The fraction of sp³-hybridized carbons (Fsp3) is 1.00. The van der Waals surface area contributed by atoms with Gasteiger partial charge in [0.2, 0.25) is 10.0 Å². The van der Waals surface area contributed by atoms with Gasteiger partial charge in [0.1, 0.15) is 0 Å². The zero-order valence-electron chi connectivity index (χ0n) is 21.7. The lowest BCUT2D eigenvalue weighted by molar-refractivity contribution is -0.890. The van der Waals surface area contributed by atoms with Crippen molar-refractivity contribution in [1.29, 1.82) is 0 Å². The van der Waals surface area contributed by atoms with Crippen molar-refractivity contribution in [3.05, 3.63) is 0 Å². The summed E-state index contributed by atoms with van der Waals surface area (Å²) in [6, 6.07) is 0. The van der Waals surface area contributed by atoms with Gasteiger partial charge in [-0.2, -0.15) is 0 Å². The van der Waals surface area contributed by atoms with E-state index >= 15 is 0 Å². The van der Waals surface area contributed by atoms with E-state index in [0.717, 1.165) is 43.3 Å². The molecule has 0 bridgehead atoms. The molecule has 0 amide bonds. The molecule has 0 aromatic heterocycles. The maximum atomic E-state index is 12.1. The maximum Gasteiger partial charge on any atom is 0.211 e. The van der Waals surface area contributed by atoms with Crippen LogP contribution in [0.3, 0.4) is 0 Å². The van der Waals surface area contributed by atoms with Crippen LogP contribution in [-0.4, -0.2) is 52.4 Å². The third-order valence-corrected chi connectivity index (χ3v) is 7.83. The Labute approximate surface area is 196 Å². The van der Waals surface area contributed by atoms with E-state index in [-0.39, 0.29) is 0 Å². The third kappa shape index (κ3) is 22.8. The molecule has 0 aromatic rings. The van der Waals surface area contributed by atoms with Gasteiger partial charge < -0.3 is 4.48 Å². The molecule has 5 heteroatoms. The van der Waals surface area contributed by atoms with Crippen molar-refractivity contribution in [2.45, 2.75) is 129 Å². The van der Waals surface area contributed by atoms with Crippen LogP contribution in [0.2, 0.25) is 0 Å². The molecule has 31 heavy (non-hydrogen) atoms. The van der Waals surface area contributed by atoms with Crippen LogP contribution in [0, 0.1) is 0 Å². The van der Waals surface area contributed by atoms with Crippen LogP contribution < -0.4 is 4.72 Å². The lowest BCUT2D eigenvalue weighted by Gasteiger charge is -2.29. The molecule has 0 aliphatic rings. The second kappa shape index (κ2) is 20.5. The minimum absolute atomic E-state index is 0.290. The van der Waals surface area contributed by atoms with E-state index in [1.54, 1.807) is 0 Å². The molecule has 4 nitrogen and oxygen atoms in total. The molecule has 1 N–H and O–H groups in total. The van der Waals surface area contributed by atoms with Crippen molar-refractivity contribution in [3.63, 3.8) is 0 Å². The van der Waals surface area contributed by atoms with Gasteiger partial charge in [-0.15, -0.1) is 0 Å². The minimum Gasteiger partial charge on any atom is -0.328 e. The number of unbranched alkanes of at least 4 members (excludes halogenated alkanes) is 15. The molecule has 0 aliphatic heterocycles. The molecule has 0 spiro atoms. The maximum absolute atomic E-state index is 12.1. The highest BCUT2D eigenvalue weighted by Gasteiger charge is 2.14. The molecule has 0 radical (unpaired) electrons. The van der Waals surface area contributed by atoms with E-state index < -0.39 is 10.0 Å². The predicted octanol–water partition coefficient (Wildman–Crippen LogP) is 7.04. The first kappa shape index (κ1) is 30.9. The Hall–Kier alpha value is -0.130. The van der Waals surface area contributed by atoms with Gasteiger partial charge in [-0.05, 0) is 12.8 Å². The fourth-order valence-corrected chi connectivity index (χ4v) is 5.55. The summed E-state index contributed by atoms with van der Waals surface area (Å²) in [5.74, 6) is 0.290. The molecular weight excluding hydrogens is 404 g/mol. The van der Waals surface area contributed by atoms with E-state index in [9.17, 15) is 8.42 Å². The monoisotopic (exact) mass is 461 g/mol. The van der Waals surface area contributed by atoms with Crippen molar-refractivity contribution in [1.82, 2.24) is 4.72 Å². The van der Waals surface area contributed by atoms with Gasteiger partial charge in [0.25, 0.3) is 0 Å². The topological polar surface area (TPSA) is 46.2 Å². The van der Waals surface area contributed by atoms with Crippen molar-refractivity contribution in [2.75, 3.05) is 39.5 Å². The largest absolute Gasteiger partial charge is 0.328 e. The Kier molecular flexibility index (Phi) is 20.4. The Balaban J connectivity index is 3.40. The lowest BCUT2D eigenvalue weighted by atomic mass is 10.0. The smallest absolute Gasteiger partial charge is 0.211 e. The molecule has 188 valence electrons. The molecular formula is C26H57N2O2S+. The second-order valence-corrected chi connectivity index (χ2v) is 12.2. The minimum atomic E-state index is -3.09. The zero-order chi connectivity index (χ0) is 23.3. The molecule has 0 saturated heterocycles. The highest BCUT2D eigenvalue weighted by molar-refractivity contribution is 7.89. The molecule has 0 heterocycles. The lowest BCUT2D eigenvalue weighted by Crippen LogP contribution is -2.42. The molecule has 0 rings (SSSR count). The molecule has 0 saturated carbocycles. The summed E-state index contributed by atoms with van der Waals surface area (Å²) in [6.45, 7) is 7.22. The van der Waals surface area contributed by atoms with E-state index in [1.807, 2.05) is 0 Å². The summed E-state index contributed by atoms with van der Waals surface area (Å²) in [6.07, 6.45) is 23.1. The number of hydrogen-bond donors (Lipinski definition) is 1. The molecule has 0 aromatic carbocycles. The van der Waals surface area contributed by atoms with Gasteiger partial charge in [0.15, 0.2) is 0 Å². The number of nitrogens with zero attached hydrogens (tertiary/aromatic N) is 1. The summed E-state index contributed by atoms with van der Waals surface area (Å²) < 4.78 is 28.0. The normalized spacial score (nSPS) is 12.5. The Morgan fingerprint density at radius 3 is 1.39 bits per heavy atom. The van der Waals surface area contributed by atoms with Crippen LogP contribution in [0.1, 0.15) is 129 Å². The van der Waals surface area contributed by atoms with Crippen LogP contribution in [0.15, 0.2) is 0 Å². The summed E-state index contributed by atoms with van der Waals surface area (Å²) in [4.78, 5) is 0. The predicted molar refractivity (Wildman–Crippen MR) is 138 cm³/mol. The summed E-state index contributed by atoms with van der Waals surface area (Å²) in [5, 5.41) is 0. The van der Waals surface area contributed by atoms with E-state index in [4.69, 9.17) is 0 Å². The van der Waals surface area contributed by atoms with E-state index in [2.05, 4.69) is 32.7 Å². The van der Waals surface area contributed by atoms with E-state index in [1.165, 1.54) is 89.9 Å². The summed E-state index contributed by atoms with van der Waals surface area (Å²) >= 11 is 0. The summed E-state index contributed by atoms with van der Waals surface area (Å²) in [7, 11) is 1.35. The number of rotatable bonds is 24. The quantitative estimate of drug-likeness (QED) is 0.124. The first-order valence-electron chi connectivity index (χ1n) is 13.6. The van der Waals surface area contributed by atoms with Crippen molar-refractivity contribution >= 4 is 10.0 Å². The Bertz CT molecular complexity index is 478. The number of hydrogen-bond acceptors (Lipinski definition) is 2. The first-order valence-corrected chi connectivity index (χ1v) is 15.3. The first-order chi connectivity index (χ1) is 14.8. The van der Waals surface area contributed by atoms with Crippen LogP contribution in [0.5, 0.6) is 0 Å². The van der Waals surface area contributed by atoms with Gasteiger partial charge in [0, 0.05) is 13.0 Å². The third-order valence-electron chi connectivity index (χ3n) is 6.36. The molecule has 0 atom stereocenters. The summed E-state index contributed by atoms with van der Waals surface area (Å²) in [5.41, 5.74) is 0. The highest BCUT2D eigenvalue weighted by Crippen LogP contribution is 2.14. The van der Waals surface area contributed by atoms with Gasteiger partial charge in [-0.3, -0.25) is 0 Å². The van der Waals surface area contributed by atoms with Crippen LogP contribution in [0.4, 0.5) is 0 Å². The van der Waals surface area contributed by atoms with Gasteiger partial charge in [0.05, 0.1) is 32.9 Å². The number of nitrogens with one attached hydrogen (secondary N) is 1. The van der Waals surface area contributed by atoms with Gasteiger partial charge >= 0.3 is 0 Å². The van der Waals surface area contributed by atoms with Gasteiger partial charge in [-0.1, -0.05) is 110 Å². The Morgan fingerprint density at radius 1 is 0.548 bits per heavy atom.